The number of ether oxygens (including phenoxy) is 2. The molecule has 4 N–H and O–H groups in total. The molecule has 3 aromatic rings. The van der Waals surface area contributed by atoms with E-state index in [9.17, 15) is 9.59 Å². The third kappa shape index (κ3) is 5.81. The molecule has 198 valence electrons. The van der Waals surface area contributed by atoms with Gasteiger partial charge >= 0.3 is 0 Å². The SMILES string of the molecule is CCOc1cc2c(cc1OCC)/C(=C(/Nc1ccc(N(CCCN)C(C)=O)cc1)c1ccccc1)C(=O)N2. The summed E-state index contributed by atoms with van der Waals surface area (Å²) in [6.07, 6.45) is 0.715. The lowest BCUT2D eigenvalue weighted by Crippen LogP contribution is -2.30. The first-order chi connectivity index (χ1) is 18.5. The van der Waals surface area contributed by atoms with E-state index in [0.717, 1.165) is 22.5 Å². The normalized spacial score (nSPS) is 13.4. The number of hydrogen-bond acceptors (Lipinski definition) is 6. The molecule has 0 aromatic heterocycles. The summed E-state index contributed by atoms with van der Waals surface area (Å²) in [5, 5.41) is 6.44. The van der Waals surface area contributed by atoms with E-state index < -0.39 is 0 Å². The smallest absolute Gasteiger partial charge is 0.258 e. The number of benzene rings is 3. The summed E-state index contributed by atoms with van der Waals surface area (Å²) in [5.41, 5.74) is 10.6. The van der Waals surface area contributed by atoms with Crippen LogP contribution in [0.2, 0.25) is 0 Å². The van der Waals surface area contributed by atoms with E-state index in [1.807, 2.05) is 80.6 Å². The van der Waals surface area contributed by atoms with Crippen LogP contribution in [0.4, 0.5) is 17.1 Å². The molecule has 1 aliphatic heterocycles. The Morgan fingerprint density at radius 2 is 1.63 bits per heavy atom. The van der Waals surface area contributed by atoms with Gasteiger partial charge in [-0.15, -0.1) is 0 Å². The minimum atomic E-state index is -0.219. The molecule has 0 radical (unpaired) electrons. The number of nitrogens with one attached hydrogen (secondary N) is 2. The number of fused-ring (bicyclic) bond motifs is 1. The minimum Gasteiger partial charge on any atom is -0.490 e. The molecule has 0 aliphatic carbocycles. The van der Waals surface area contributed by atoms with Crippen molar-refractivity contribution in [1.82, 2.24) is 0 Å². The van der Waals surface area contributed by atoms with E-state index in [2.05, 4.69) is 10.6 Å². The predicted octanol–water partition coefficient (Wildman–Crippen LogP) is 5.12. The highest BCUT2D eigenvalue weighted by molar-refractivity contribution is 6.37. The second kappa shape index (κ2) is 12.3. The summed E-state index contributed by atoms with van der Waals surface area (Å²) in [4.78, 5) is 27.2. The molecule has 4 rings (SSSR count). The van der Waals surface area contributed by atoms with E-state index in [1.165, 1.54) is 0 Å². The number of nitrogens with zero attached hydrogens (tertiary/aromatic N) is 1. The van der Waals surface area contributed by atoms with Crippen molar-refractivity contribution in [3.05, 3.63) is 77.9 Å². The fraction of sp³-hybridized carbons (Fsp3) is 0.267. The number of amides is 2. The number of carbonyl (C=O) groups is 2. The number of carbonyl (C=O) groups excluding carboxylic acids is 2. The van der Waals surface area contributed by atoms with E-state index in [-0.39, 0.29) is 11.8 Å². The maximum absolute atomic E-state index is 13.3. The fourth-order valence-electron chi connectivity index (χ4n) is 4.43. The Balaban J connectivity index is 1.77. The summed E-state index contributed by atoms with van der Waals surface area (Å²) < 4.78 is 11.6. The quantitative estimate of drug-likeness (QED) is 0.307. The van der Waals surface area contributed by atoms with Crippen LogP contribution in [0.3, 0.4) is 0 Å². The molecule has 0 unspecified atom stereocenters. The molecule has 0 saturated carbocycles. The minimum absolute atomic E-state index is 0.0398. The van der Waals surface area contributed by atoms with E-state index >= 15 is 0 Å². The molecule has 0 bridgehead atoms. The van der Waals surface area contributed by atoms with Gasteiger partial charge in [0.2, 0.25) is 5.91 Å². The Bertz CT molecular complexity index is 1320. The summed E-state index contributed by atoms with van der Waals surface area (Å²) in [5.74, 6) is 0.912. The van der Waals surface area contributed by atoms with Crippen LogP contribution in [0.1, 0.15) is 38.3 Å². The van der Waals surface area contributed by atoms with E-state index in [1.54, 1.807) is 11.8 Å². The third-order valence-corrected chi connectivity index (χ3v) is 6.15. The van der Waals surface area contributed by atoms with Crippen molar-refractivity contribution >= 4 is 40.1 Å². The lowest BCUT2D eigenvalue weighted by atomic mass is 9.99. The summed E-state index contributed by atoms with van der Waals surface area (Å²) in [7, 11) is 0. The zero-order chi connectivity index (χ0) is 27.1. The summed E-state index contributed by atoms with van der Waals surface area (Å²) in [6, 6.07) is 20.9. The highest BCUT2D eigenvalue weighted by atomic mass is 16.5. The van der Waals surface area contributed by atoms with Crippen LogP contribution in [-0.4, -0.2) is 38.1 Å². The van der Waals surface area contributed by atoms with Gasteiger partial charge in [-0.25, -0.2) is 0 Å². The zero-order valence-electron chi connectivity index (χ0n) is 22.0. The molecular formula is C30H34N4O4. The second-order valence-electron chi connectivity index (χ2n) is 8.77. The first kappa shape index (κ1) is 26.8. The highest BCUT2D eigenvalue weighted by Gasteiger charge is 2.30. The Morgan fingerprint density at radius 3 is 2.24 bits per heavy atom. The molecule has 38 heavy (non-hydrogen) atoms. The zero-order valence-corrected chi connectivity index (χ0v) is 22.0. The van der Waals surface area contributed by atoms with Crippen LogP contribution >= 0.6 is 0 Å². The Hall–Kier alpha value is -4.30. The maximum atomic E-state index is 13.3. The molecule has 3 aromatic carbocycles. The third-order valence-electron chi connectivity index (χ3n) is 6.15. The van der Waals surface area contributed by atoms with Crippen LogP contribution in [0.25, 0.3) is 11.3 Å². The molecule has 8 nitrogen and oxygen atoms in total. The van der Waals surface area contributed by atoms with Crippen molar-refractivity contribution < 1.29 is 19.1 Å². The van der Waals surface area contributed by atoms with Crippen LogP contribution < -0.4 is 30.7 Å². The van der Waals surface area contributed by atoms with Crippen molar-refractivity contribution in [2.24, 2.45) is 5.73 Å². The van der Waals surface area contributed by atoms with E-state index in [0.29, 0.717) is 61.2 Å². The van der Waals surface area contributed by atoms with Gasteiger partial charge in [0.05, 0.1) is 30.2 Å². The molecular weight excluding hydrogens is 480 g/mol. The number of nitrogens with two attached hydrogens (primary N) is 1. The van der Waals surface area contributed by atoms with Gasteiger partial charge < -0.3 is 30.7 Å². The lowest BCUT2D eigenvalue weighted by molar-refractivity contribution is -0.116. The van der Waals surface area contributed by atoms with Crippen LogP contribution in [0.5, 0.6) is 11.5 Å². The van der Waals surface area contributed by atoms with Gasteiger partial charge in [-0.2, -0.15) is 0 Å². The fourth-order valence-corrected chi connectivity index (χ4v) is 4.43. The van der Waals surface area contributed by atoms with Crippen LogP contribution in [-0.2, 0) is 9.59 Å². The molecule has 8 heteroatoms. The Morgan fingerprint density at radius 1 is 0.974 bits per heavy atom. The molecule has 1 heterocycles. The second-order valence-corrected chi connectivity index (χ2v) is 8.77. The largest absolute Gasteiger partial charge is 0.490 e. The molecule has 0 saturated heterocycles. The molecule has 0 atom stereocenters. The highest BCUT2D eigenvalue weighted by Crippen LogP contribution is 2.43. The Labute approximate surface area is 223 Å². The average molecular weight is 515 g/mol. The van der Waals surface area contributed by atoms with Gasteiger partial charge in [0.1, 0.15) is 0 Å². The Kier molecular flexibility index (Phi) is 8.66. The first-order valence-corrected chi connectivity index (χ1v) is 12.9. The molecule has 0 spiro atoms. The molecule has 2 amide bonds. The van der Waals surface area contributed by atoms with Crippen molar-refractivity contribution in [2.75, 3.05) is 41.8 Å². The van der Waals surface area contributed by atoms with Crippen molar-refractivity contribution in [2.45, 2.75) is 27.2 Å². The standard InChI is InChI=1S/C30H34N4O4/c1-4-37-26-18-24-25(19-27(26)38-5-2)33-30(36)28(24)29(21-10-7-6-8-11-21)32-22-12-14-23(15-13-22)34(20(3)35)17-9-16-31/h6-8,10-15,18-19,32H,4-5,9,16-17,31H2,1-3H3,(H,33,36)/b29-28-. The first-order valence-electron chi connectivity index (χ1n) is 12.9. The van der Waals surface area contributed by atoms with Crippen molar-refractivity contribution in [3.8, 4) is 11.5 Å². The topological polar surface area (TPSA) is 106 Å². The average Bonchev–Trinajstić information content (AvgIpc) is 3.23. The van der Waals surface area contributed by atoms with Gasteiger partial charge in [0, 0.05) is 36.5 Å². The van der Waals surface area contributed by atoms with Gasteiger partial charge in [0.25, 0.3) is 5.91 Å². The molecule has 1 aliphatic rings. The number of rotatable bonds is 11. The van der Waals surface area contributed by atoms with Crippen LogP contribution in [0, 0.1) is 0 Å². The summed E-state index contributed by atoms with van der Waals surface area (Å²) in [6.45, 7) is 7.38. The monoisotopic (exact) mass is 514 g/mol. The van der Waals surface area contributed by atoms with E-state index in [4.69, 9.17) is 15.2 Å². The predicted molar refractivity (Wildman–Crippen MR) is 152 cm³/mol. The summed E-state index contributed by atoms with van der Waals surface area (Å²) >= 11 is 0. The maximum Gasteiger partial charge on any atom is 0.258 e. The van der Waals surface area contributed by atoms with Crippen LogP contribution in [0.15, 0.2) is 66.7 Å². The van der Waals surface area contributed by atoms with Gasteiger partial charge in [-0.1, -0.05) is 30.3 Å². The van der Waals surface area contributed by atoms with Crippen molar-refractivity contribution in [3.63, 3.8) is 0 Å². The molecule has 0 fully saturated rings. The van der Waals surface area contributed by atoms with Gasteiger partial charge in [-0.3, -0.25) is 9.59 Å². The van der Waals surface area contributed by atoms with Gasteiger partial charge in [-0.05, 0) is 62.7 Å². The van der Waals surface area contributed by atoms with Crippen molar-refractivity contribution in [1.29, 1.82) is 0 Å². The van der Waals surface area contributed by atoms with Gasteiger partial charge in [0.15, 0.2) is 11.5 Å². The number of anilines is 3. The lowest BCUT2D eigenvalue weighted by Gasteiger charge is -2.22. The number of hydrogen-bond donors (Lipinski definition) is 3.